The summed E-state index contributed by atoms with van der Waals surface area (Å²) < 4.78 is 0. The van der Waals surface area contributed by atoms with Gasteiger partial charge in [0.15, 0.2) is 0 Å². The fraction of sp³-hybridized carbons (Fsp3) is 1.00. The molecule has 90 valence electrons. The van der Waals surface area contributed by atoms with Gasteiger partial charge < -0.3 is 10.6 Å². The Bertz CT molecular complexity index is 147. The third-order valence-electron chi connectivity index (χ3n) is 3.42. The number of nitrogens with two attached hydrogens (primary N) is 1. The van der Waals surface area contributed by atoms with Crippen LogP contribution in [-0.2, 0) is 0 Å². The molecule has 1 aliphatic heterocycles. The van der Waals surface area contributed by atoms with Crippen molar-refractivity contribution in [3.05, 3.63) is 0 Å². The molecule has 2 heteroatoms. The molecule has 15 heavy (non-hydrogen) atoms. The normalized spacial score (nSPS) is 26.4. The van der Waals surface area contributed by atoms with Gasteiger partial charge in [0, 0.05) is 6.54 Å². The van der Waals surface area contributed by atoms with Gasteiger partial charge in [0.05, 0.1) is 0 Å². The van der Waals surface area contributed by atoms with Crippen LogP contribution >= 0.6 is 0 Å². The number of hydrogen-bond acceptors (Lipinski definition) is 2. The van der Waals surface area contributed by atoms with E-state index in [0.717, 1.165) is 18.9 Å². The van der Waals surface area contributed by atoms with E-state index in [1.54, 1.807) is 0 Å². The molecule has 0 aromatic rings. The van der Waals surface area contributed by atoms with Crippen molar-refractivity contribution in [3.8, 4) is 0 Å². The molecule has 0 radical (unpaired) electrons. The molecular formula is C13H28N2. The van der Waals surface area contributed by atoms with Crippen molar-refractivity contribution in [2.45, 2.75) is 51.9 Å². The van der Waals surface area contributed by atoms with Crippen molar-refractivity contribution in [2.75, 3.05) is 26.2 Å². The summed E-state index contributed by atoms with van der Waals surface area (Å²) in [5, 5.41) is 0. The maximum absolute atomic E-state index is 5.58. The molecule has 1 atom stereocenters. The minimum atomic E-state index is 0.838. The first-order chi connectivity index (χ1) is 7.33. The Morgan fingerprint density at radius 2 is 1.87 bits per heavy atom. The molecule has 0 amide bonds. The lowest BCUT2D eigenvalue weighted by molar-refractivity contribution is 0.218. The van der Waals surface area contributed by atoms with Gasteiger partial charge in [-0.1, -0.05) is 32.6 Å². The number of hydrogen-bond donors (Lipinski definition) is 1. The van der Waals surface area contributed by atoms with E-state index in [2.05, 4.69) is 11.8 Å². The highest BCUT2D eigenvalue weighted by atomic mass is 15.1. The fourth-order valence-corrected chi connectivity index (χ4v) is 2.50. The van der Waals surface area contributed by atoms with E-state index >= 15 is 0 Å². The number of nitrogens with zero attached hydrogens (tertiary/aromatic N) is 1. The molecule has 0 aliphatic carbocycles. The first-order valence-electron chi connectivity index (χ1n) is 6.75. The van der Waals surface area contributed by atoms with Crippen LogP contribution in [0.4, 0.5) is 0 Å². The van der Waals surface area contributed by atoms with E-state index in [4.69, 9.17) is 5.73 Å². The topological polar surface area (TPSA) is 29.3 Å². The second kappa shape index (κ2) is 8.12. The second-order valence-corrected chi connectivity index (χ2v) is 5.10. The minimum absolute atomic E-state index is 0.838. The SMILES string of the molecule is CC1CCCCCCCN(CCCN)C1. The van der Waals surface area contributed by atoms with Crippen LogP contribution in [0, 0.1) is 5.92 Å². The maximum Gasteiger partial charge on any atom is 0.000703 e. The van der Waals surface area contributed by atoms with Crippen LogP contribution in [0.25, 0.3) is 0 Å². The maximum atomic E-state index is 5.58. The van der Waals surface area contributed by atoms with Crippen molar-refractivity contribution in [1.29, 1.82) is 0 Å². The van der Waals surface area contributed by atoms with Gasteiger partial charge in [-0.3, -0.25) is 0 Å². The summed E-state index contributed by atoms with van der Waals surface area (Å²) in [6, 6.07) is 0. The van der Waals surface area contributed by atoms with Gasteiger partial charge in [-0.05, 0) is 44.8 Å². The largest absolute Gasteiger partial charge is 0.330 e. The van der Waals surface area contributed by atoms with Gasteiger partial charge in [-0.2, -0.15) is 0 Å². The Hall–Kier alpha value is -0.0800. The van der Waals surface area contributed by atoms with Crippen molar-refractivity contribution >= 4 is 0 Å². The van der Waals surface area contributed by atoms with Crippen LogP contribution in [0.3, 0.4) is 0 Å². The molecule has 1 rings (SSSR count). The number of rotatable bonds is 3. The molecule has 1 fully saturated rings. The van der Waals surface area contributed by atoms with Crippen LogP contribution in [-0.4, -0.2) is 31.1 Å². The van der Waals surface area contributed by atoms with Crippen molar-refractivity contribution in [1.82, 2.24) is 4.90 Å². The zero-order valence-corrected chi connectivity index (χ0v) is 10.4. The predicted molar refractivity (Wildman–Crippen MR) is 67.0 cm³/mol. The van der Waals surface area contributed by atoms with Gasteiger partial charge in [0.1, 0.15) is 0 Å². The van der Waals surface area contributed by atoms with E-state index in [-0.39, 0.29) is 0 Å². The van der Waals surface area contributed by atoms with Crippen LogP contribution in [0.1, 0.15) is 51.9 Å². The second-order valence-electron chi connectivity index (χ2n) is 5.10. The van der Waals surface area contributed by atoms with Crippen LogP contribution in [0.15, 0.2) is 0 Å². The Kier molecular flexibility index (Phi) is 7.03. The van der Waals surface area contributed by atoms with Crippen molar-refractivity contribution < 1.29 is 0 Å². The lowest BCUT2D eigenvalue weighted by Crippen LogP contribution is -2.32. The molecule has 1 unspecified atom stereocenters. The van der Waals surface area contributed by atoms with E-state index < -0.39 is 0 Å². The summed E-state index contributed by atoms with van der Waals surface area (Å²) in [6.07, 6.45) is 9.72. The molecule has 2 nitrogen and oxygen atoms in total. The lowest BCUT2D eigenvalue weighted by atomic mass is 9.99. The molecule has 2 N–H and O–H groups in total. The molecule has 0 aromatic heterocycles. The highest BCUT2D eigenvalue weighted by molar-refractivity contribution is 4.66. The highest BCUT2D eigenvalue weighted by Gasteiger charge is 2.11. The molecule has 0 aromatic carbocycles. The summed E-state index contributed by atoms with van der Waals surface area (Å²) in [5.41, 5.74) is 5.58. The summed E-state index contributed by atoms with van der Waals surface area (Å²) >= 11 is 0. The smallest absolute Gasteiger partial charge is 0.000703 e. The molecule has 0 spiro atoms. The predicted octanol–water partition coefficient (Wildman–Crippen LogP) is 2.63. The Morgan fingerprint density at radius 3 is 2.67 bits per heavy atom. The molecule has 1 aliphatic rings. The van der Waals surface area contributed by atoms with E-state index in [1.807, 2.05) is 0 Å². The minimum Gasteiger partial charge on any atom is -0.330 e. The van der Waals surface area contributed by atoms with E-state index in [1.165, 1.54) is 58.2 Å². The first-order valence-corrected chi connectivity index (χ1v) is 6.75. The lowest BCUT2D eigenvalue weighted by Gasteiger charge is -2.26. The van der Waals surface area contributed by atoms with E-state index in [0.29, 0.717) is 0 Å². The van der Waals surface area contributed by atoms with Gasteiger partial charge in [-0.15, -0.1) is 0 Å². The zero-order valence-electron chi connectivity index (χ0n) is 10.4. The highest BCUT2D eigenvalue weighted by Crippen LogP contribution is 2.15. The average Bonchev–Trinajstić information content (AvgIpc) is 2.24. The summed E-state index contributed by atoms with van der Waals surface area (Å²) in [6.45, 7) is 7.03. The van der Waals surface area contributed by atoms with Gasteiger partial charge in [0.25, 0.3) is 0 Å². The van der Waals surface area contributed by atoms with Gasteiger partial charge in [-0.25, -0.2) is 0 Å². The van der Waals surface area contributed by atoms with Crippen LogP contribution in [0.5, 0.6) is 0 Å². The molecule has 0 bridgehead atoms. The Balaban J connectivity index is 2.29. The third-order valence-corrected chi connectivity index (χ3v) is 3.42. The standard InChI is InChI=1S/C13H28N2/c1-13-8-5-3-2-4-6-10-15(12-13)11-7-9-14/h13H,2-12,14H2,1H3. The third kappa shape index (κ3) is 6.16. The average molecular weight is 212 g/mol. The Morgan fingerprint density at radius 1 is 1.13 bits per heavy atom. The van der Waals surface area contributed by atoms with E-state index in [9.17, 15) is 0 Å². The zero-order chi connectivity index (χ0) is 10.9. The first kappa shape index (κ1) is 13.0. The van der Waals surface area contributed by atoms with Gasteiger partial charge in [0.2, 0.25) is 0 Å². The van der Waals surface area contributed by atoms with Crippen LogP contribution < -0.4 is 5.73 Å². The van der Waals surface area contributed by atoms with Crippen molar-refractivity contribution in [2.24, 2.45) is 11.7 Å². The summed E-state index contributed by atoms with van der Waals surface area (Å²) in [7, 11) is 0. The fourth-order valence-electron chi connectivity index (χ4n) is 2.50. The van der Waals surface area contributed by atoms with Crippen LogP contribution in [0.2, 0.25) is 0 Å². The van der Waals surface area contributed by atoms with Crippen molar-refractivity contribution in [3.63, 3.8) is 0 Å². The quantitative estimate of drug-likeness (QED) is 0.779. The summed E-state index contributed by atoms with van der Waals surface area (Å²) in [5.74, 6) is 0.876. The van der Waals surface area contributed by atoms with Gasteiger partial charge >= 0.3 is 0 Å². The molecular weight excluding hydrogens is 184 g/mol. The Labute approximate surface area is 95.2 Å². The monoisotopic (exact) mass is 212 g/mol. The molecule has 0 saturated carbocycles. The summed E-state index contributed by atoms with van der Waals surface area (Å²) in [4.78, 5) is 2.63. The molecule has 1 heterocycles. The molecule has 1 saturated heterocycles.